The molecule has 112 valence electrons. The van der Waals surface area contributed by atoms with Crippen molar-refractivity contribution in [1.29, 1.82) is 0 Å². The molecule has 0 saturated carbocycles. The quantitative estimate of drug-likeness (QED) is 0.626. The van der Waals surface area contributed by atoms with Crippen molar-refractivity contribution in [2.45, 2.75) is 20.3 Å². The molecule has 1 rings (SSSR count). The zero-order valence-electron chi connectivity index (χ0n) is 11.5. The van der Waals surface area contributed by atoms with Gasteiger partial charge < -0.3 is 10.4 Å². The zero-order valence-corrected chi connectivity index (χ0v) is 12.3. The van der Waals surface area contributed by atoms with E-state index in [0.717, 1.165) is 16.7 Å². The van der Waals surface area contributed by atoms with Crippen molar-refractivity contribution in [3.05, 3.63) is 0 Å². The molecule has 0 aromatic rings. The van der Waals surface area contributed by atoms with Gasteiger partial charge in [0.1, 0.15) is 0 Å². The molecule has 0 bridgehead atoms. The van der Waals surface area contributed by atoms with Gasteiger partial charge in [-0.15, -0.1) is 11.8 Å². The minimum absolute atomic E-state index is 0.0414. The number of carboxylic acid groups (broad SMARTS) is 1. The molecular weight excluding hydrogens is 284 g/mol. The fraction of sp³-hybridized carbons (Fsp3) is 0.667. The molecule has 0 atom stereocenters. The van der Waals surface area contributed by atoms with Crippen molar-refractivity contribution >= 4 is 35.5 Å². The second-order valence-electron chi connectivity index (χ2n) is 5.15. The van der Waals surface area contributed by atoms with Crippen LogP contribution >= 0.6 is 11.8 Å². The summed E-state index contributed by atoms with van der Waals surface area (Å²) in [4.78, 5) is 46.3. The van der Waals surface area contributed by atoms with Gasteiger partial charge in [0.25, 0.3) is 0 Å². The molecule has 1 aliphatic rings. The number of nitrogens with zero attached hydrogens (tertiary/aromatic N) is 1. The summed E-state index contributed by atoms with van der Waals surface area (Å²) < 4.78 is 0. The first-order valence-electron chi connectivity index (χ1n) is 6.15. The Morgan fingerprint density at radius 1 is 1.35 bits per heavy atom. The van der Waals surface area contributed by atoms with Gasteiger partial charge in [0.2, 0.25) is 17.7 Å². The van der Waals surface area contributed by atoms with Crippen LogP contribution in [0.25, 0.3) is 0 Å². The number of aliphatic carboxylic acids is 1. The third-order valence-electron chi connectivity index (χ3n) is 2.83. The summed E-state index contributed by atoms with van der Waals surface area (Å²) >= 11 is 0.994. The van der Waals surface area contributed by atoms with Gasteiger partial charge in [-0.3, -0.25) is 24.1 Å². The van der Waals surface area contributed by atoms with E-state index in [0.29, 0.717) is 0 Å². The molecule has 0 spiro atoms. The van der Waals surface area contributed by atoms with Crippen LogP contribution in [0.1, 0.15) is 20.3 Å². The lowest BCUT2D eigenvalue weighted by molar-refractivity contribution is -0.141. The van der Waals surface area contributed by atoms with Crippen LogP contribution in [0.4, 0.5) is 0 Å². The Morgan fingerprint density at radius 3 is 2.50 bits per heavy atom. The van der Waals surface area contributed by atoms with Gasteiger partial charge in [-0.1, -0.05) is 13.8 Å². The molecule has 0 aromatic heterocycles. The molecule has 0 aliphatic carbocycles. The molecule has 0 aromatic carbocycles. The normalized spacial score (nSPS) is 17.4. The van der Waals surface area contributed by atoms with Crippen molar-refractivity contribution in [1.82, 2.24) is 10.2 Å². The molecule has 8 heteroatoms. The number of hydrogen-bond acceptors (Lipinski definition) is 5. The van der Waals surface area contributed by atoms with Gasteiger partial charge in [0, 0.05) is 19.5 Å². The van der Waals surface area contributed by atoms with E-state index in [1.54, 1.807) is 13.8 Å². The summed E-state index contributed by atoms with van der Waals surface area (Å²) in [7, 11) is 0. The van der Waals surface area contributed by atoms with Crippen molar-refractivity contribution in [3.63, 3.8) is 0 Å². The van der Waals surface area contributed by atoms with Gasteiger partial charge in [0.05, 0.1) is 16.9 Å². The van der Waals surface area contributed by atoms with Gasteiger partial charge >= 0.3 is 5.97 Å². The lowest BCUT2D eigenvalue weighted by Crippen LogP contribution is -2.40. The first kappa shape index (κ1) is 16.5. The monoisotopic (exact) mass is 302 g/mol. The summed E-state index contributed by atoms with van der Waals surface area (Å²) in [5.74, 6) is -1.83. The zero-order chi connectivity index (χ0) is 15.3. The van der Waals surface area contributed by atoms with Crippen molar-refractivity contribution in [2.24, 2.45) is 5.41 Å². The highest BCUT2D eigenvalue weighted by molar-refractivity contribution is 8.00. The second kappa shape index (κ2) is 6.74. The smallest absolute Gasteiger partial charge is 0.313 e. The minimum atomic E-state index is -0.974. The maximum atomic E-state index is 11.9. The van der Waals surface area contributed by atoms with Crippen molar-refractivity contribution < 1.29 is 24.3 Å². The number of nitrogens with one attached hydrogen (secondary N) is 1. The number of amides is 3. The van der Waals surface area contributed by atoms with E-state index in [9.17, 15) is 19.2 Å². The highest BCUT2D eigenvalue weighted by atomic mass is 32.2. The van der Waals surface area contributed by atoms with Crippen LogP contribution in [0.5, 0.6) is 0 Å². The van der Waals surface area contributed by atoms with Crippen LogP contribution in [-0.2, 0) is 19.2 Å². The molecule has 1 fully saturated rings. The predicted molar refractivity (Wildman–Crippen MR) is 73.1 cm³/mol. The number of hydrogen-bond donors (Lipinski definition) is 2. The third kappa shape index (κ3) is 4.52. The summed E-state index contributed by atoms with van der Waals surface area (Å²) in [6, 6.07) is 0. The van der Waals surface area contributed by atoms with E-state index in [-0.39, 0.29) is 48.7 Å². The first-order valence-corrected chi connectivity index (χ1v) is 7.30. The van der Waals surface area contributed by atoms with E-state index in [1.165, 1.54) is 0 Å². The highest BCUT2D eigenvalue weighted by Gasteiger charge is 2.44. The third-order valence-corrected chi connectivity index (χ3v) is 3.75. The molecule has 20 heavy (non-hydrogen) atoms. The van der Waals surface area contributed by atoms with E-state index in [2.05, 4.69) is 5.32 Å². The molecule has 7 nitrogen and oxygen atoms in total. The van der Waals surface area contributed by atoms with Crippen LogP contribution in [0, 0.1) is 5.41 Å². The fourth-order valence-electron chi connectivity index (χ4n) is 1.84. The Morgan fingerprint density at radius 2 is 2.00 bits per heavy atom. The van der Waals surface area contributed by atoms with Crippen LogP contribution in [-0.4, -0.2) is 58.3 Å². The average Bonchev–Trinajstić information content (AvgIpc) is 2.50. The topological polar surface area (TPSA) is 104 Å². The first-order chi connectivity index (χ1) is 9.24. The van der Waals surface area contributed by atoms with Gasteiger partial charge in [-0.05, 0) is 0 Å². The number of carboxylic acids is 1. The summed E-state index contributed by atoms with van der Waals surface area (Å²) in [6.07, 6.45) is 0.189. The lowest BCUT2D eigenvalue weighted by Gasteiger charge is -2.17. The van der Waals surface area contributed by atoms with Crippen LogP contribution in [0.2, 0.25) is 0 Å². The molecule has 1 heterocycles. The number of imide groups is 1. The SMILES string of the molecule is CC1(C)CC(=O)N(CCNC(=O)CSCC(=O)O)C1=O. The molecule has 1 aliphatic heterocycles. The maximum absolute atomic E-state index is 11.9. The summed E-state index contributed by atoms with van der Waals surface area (Å²) in [6.45, 7) is 3.76. The molecule has 2 N–H and O–H groups in total. The largest absolute Gasteiger partial charge is 0.481 e. The Balaban J connectivity index is 2.27. The average molecular weight is 302 g/mol. The van der Waals surface area contributed by atoms with E-state index in [4.69, 9.17) is 5.11 Å². The lowest BCUT2D eigenvalue weighted by atomic mass is 9.92. The number of likely N-dealkylation sites (tertiary alicyclic amines) is 1. The molecular formula is C12H18N2O5S. The maximum Gasteiger partial charge on any atom is 0.313 e. The highest BCUT2D eigenvalue weighted by Crippen LogP contribution is 2.31. The Hall–Kier alpha value is -1.57. The van der Waals surface area contributed by atoms with Gasteiger partial charge in [-0.2, -0.15) is 0 Å². The molecule has 1 saturated heterocycles. The Bertz CT molecular complexity index is 436. The minimum Gasteiger partial charge on any atom is -0.481 e. The van der Waals surface area contributed by atoms with Crippen molar-refractivity contribution in [3.8, 4) is 0 Å². The van der Waals surface area contributed by atoms with Crippen LogP contribution in [0.15, 0.2) is 0 Å². The van der Waals surface area contributed by atoms with E-state index >= 15 is 0 Å². The standard InChI is InChI=1S/C12H18N2O5S/c1-12(2)5-9(16)14(11(12)19)4-3-13-8(15)6-20-7-10(17)18/h3-7H2,1-2H3,(H,13,15)(H,17,18). The van der Waals surface area contributed by atoms with E-state index in [1.807, 2.05) is 0 Å². The van der Waals surface area contributed by atoms with Crippen molar-refractivity contribution in [2.75, 3.05) is 24.6 Å². The number of rotatable bonds is 7. The molecule has 3 amide bonds. The Kier molecular flexibility index (Phi) is 5.55. The Labute approximate surface area is 121 Å². The predicted octanol–water partition coefficient (Wildman–Crippen LogP) is -0.294. The molecule has 0 radical (unpaired) electrons. The summed E-state index contributed by atoms with van der Waals surface area (Å²) in [5.41, 5.74) is -0.668. The summed E-state index contributed by atoms with van der Waals surface area (Å²) in [5, 5.41) is 11.0. The van der Waals surface area contributed by atoms with Crippen LogP contribution in [0.3, 0.4) is 0 Å². The fourth-order valence-corrected chi connectivity index (χ4v) is 2.41. The number of thioether (sulfide) groups is 1. The second-order valence-corrected chi connectivity index (χ2v) is 6.13. The van der Waals surface area contributed by atoms with E-state index < -0.39 is 11.4 Å². The van der Waals surface area contributed by atoms with Crippen LogP contribution < -0.4 is 5.32 Å². The number of carbonyl (C=O) groups excluding carboxylic acids is 3. The molecule has 0 unspecified atom stereocenters. The number of carbonyl (C=O) groups is 4. The van der Waals surface area contributed by atoms with Gasteiger partial charge in [-0.25, -0.2) is 0 Å². The van der Waals surface area contributed by atoms with Gasteiger partial charge in [0.15, 0.2) is 0 Å².